The van der Waals surface area contributed by atoms with Crippen LogP contribution in [0.2, 0.25) is 0 Å². The van der Waals surface area contributed by atoms with Crippen LogP contribution in [0.4, 0.5) is 0 Å². The van der Waals surface area contributed by atoms with Gasteiger partial charge in [0.05, 0.1) is 0 Å². The summed E-state index contributed by atoms with van der Waals surface area (Å²) in [6, 6.07) is 0. The van der Waals surface area contributed by atoms with Crippen molar-refractivity contribution < 1.29 is 9.47 Å². The van der Waals surface area contributed by atoms with Gasteiger partial charge in [0.25, 0.3) is 5.95 Å². The van der Waals surface area contributed by atoms with Crippen LogP contribution in [0.1, 0.15) is 6.92 Å². The molecule has 0 saturated heterocycles. The smallest absolute Gasteiger partial charge is 0.281 e. The summed E-state index contributed by atoms with van der Waals surface area (Å²) in [6.45, 7) is 5.21. The molecular weight excluding hydrogens is 92.1 g/mol. The molecule has 1 aliphatic heterocycles. The van der Waals surface area contributed by atoms with Gasteiger partial charge in [-0.1, -0.05) is 0 Å². The molecule has 0 saturated carbocycles. The summed E-state index contributed by atoms with van der Waals surface area (Å²) in [7, 11) is 0. The molecule has 0 fully saturated rings. The van der Waals surface area contributed by atoms with Crippen LogP contribution in [0, 0.1) is 0 Å². The zero-order valence-corrected chi connectivity index (χ0v) is 4.10. The molecule has 0 aromatic carbocycles. The minimum Gasteiger partial charge on any atom is -0.431 e. The van der Waals surface area contributed by atoms with E-state index in [4.69, 9.17) is 4.74 Å². The maximum Gasteiger partial charge on any atom is 0.281 e. The van der Waals surface area contributed by atoms with Crippen molar-refractivity contribution in [1.29, 1.82) is 0 Å². The van der Waals surface area contributed by atoms with Crippen LogP contribution in [-0.2, 0) is 9.47 Å². The number of rotatable bonds is 0. The van der Waals surface area contributed by atoms with E-state index in [0.29, 0.717) is 5.95 Å². The third-order valence-electron chi connectivity index (χ3n) is 0.631. The molecule has 0 N–H and O–H groups in total. The van der Waals surface area contributed by atoms with Crippen LogP contribution in [0.15, 0.2) is 24.5 Å². The predicted octanol–water partition coefficient (Wildman–Crippen LogP) is 1.37. The SMILES string of the molecule is C=C1OC=C(C)O1. The number of ether oxygens (including phenoxy) is 2. The molecule has 2 nitrogen and oxygen atoms in total. The molecule has 1 heterocycles. The van der Waals surface area contributed by atoms with Crippen LogP contribution >= 0.6 is 0 Å². The highest BCUT2D eigenvalue weighted by atomic mass is 16.7. The number of hydrogen-bond acceptors (Lipinski definition) is 2. The standard InChI is InChI=1S/C5H6O2/c1-4-3-6-5(2)7-4/h3H,2H2,1H3. The molecule has 7 heavy (non-hydrogen) atoms. The second-order valence-electron chi connectivity index (χ2n) is 1.32. The van der Waals surface area contributed by atoms with Gasteiger partial charge >= 0.3 is 0 Å². The van der Waals surface area contributed by atoms with E-state index in [0.717, 1.165) is 5.76 Å². The Hall–Kier alpha value is -0.920. The fourth-order valence-electron chi connectivity index (χ4n) is 0.376. The fraction of sp³-hybridized carbons (Fsp3) is 0.200. The Morgan fingerprint density at radius 3 is 2.57 bits per heavy atom. The first kappa shape index (κ1) is 4.24. The van der Waals surface area contributed by atoms with E-state index in [1.165, 1.54) is 6.26 Å². The van der Waals surface area contributed by atoms with Crippen molar-refractivity contribution in [1.82, 2.24) is 0 Å². The van der Waals surface area contributed by atoms with Crippen LogP contribution in [0.3, 0.4) is 0 Å². The van der Waals surface area contributed by atoms with E-state index in [1.807, 2.05) is 0 Å². The molecule has 0 aromatic heterocycles. The minimum absolute atomic E-state index is 0.359. The number of hydrogen-bond donors (Lipinski definition) is 0. The number of allylic oxidation sites excluding steroid dienone is 1. The Bertz CT molecular complexity index is 124. The molecular formula is C5H6O2. The molecule has 0 aliphatic carbocycles. The quantitative estimate of drug-likeness (QED) is 0.455. The Morgan fingerprint density at radius 2 is 2.43 bits per heavy atom. The third kappa shape index (κ3) is 0.738. The zero-order valence-electron chi connectivity index (χ0n) is 4.10. The Kier molecular flexibility index (Phi) is 0.785. The van der Waals surface area contributed by atoms with Crippen LogP contribution in [0.5, 0.6) is 0 Å². The average Bonchev–Trinajstić information content (AvgIpc) is 1.87. The van der Waals surface area contributed by atoms with Crippen LogP contribution < -0.4 is 0 Å². The van der Waals surface area contributed by atoms with Crippen molar-refractivity contribution in [3.63, 3.8) is 0 Å². The van der Waals surface area contributed by atoms with Gasteiger partial charge in [-0.3, -0.25) is 0 Å². The van der Waals surface area contributed by atoms with Gasteiger partial charge in [-0.25, -0.2) is 0 Å². The van der Waals surface area contributed by atoms with E-state index in [-0.39, 0.29) is 0 Å². The Balaban J connectivity index is 2.58. The van der Waals surface area contributed by atoms with E-state index < -0.39 is 0 Å². The Morgan fingerprint density at radius 1 is 1.71 bits per heavy atom. The first-order chi connectivity index (χ1) is 3.29. The lowest BCUT2D eigenvalue weighted by Crippen LogP contribution is -1.75. The summed E-state index contributed by atoms with van der Waals surface area (Å²) in [6.07, 6.45) is 1.52. The second-order valence-corrected chi connectivity index (χ2v) is 1.32. The van der Waals surface area contributed by atoms with Gasteiger partial charge in [0.15, 0.2) is 0 Å². The van der Waals surface area contributed by atoms with Crippen molar-refractivity contribution in [2.24, 2.45) is 0 Å². The minimum atomic E-state index is 0.359. The first-order valence-corrected chi connectivity index (χ1v) is 1.99. The molecule has 0 amide bonds. The highest BCUT2D eigenvalue weighted by Gasteiger charge is 2.02. The molecule has 2 heteroatoms. The third-order valence-corrected chi connectivity index (χ3v) is 0.631. The lowest BCUT2D eigenvalue weighted by atomic mass is 10.7. The summed E-state index contributed by atoms with van der Waals surface area (Å²) in [4.78, 5) is 0. The van der Waals surface area contributed by atoms with Crippen molar-refractivity contribution in [3.8, 4) is 0 Å². The van der Waals surface area contributed by atoms with E-state index in [2.05, 4.69) is 11.3 Å². The molecule has 1 aliphatic rings. The molecule has 0 atom stereocenters. The summed E-state index contributed by atoms with van der Waals surface area (Å²) < 4.78 is 9.49. The molecule has 0 radical (unpaired) electrons. The van der Waals surface area contributed by atoms with Gasteiger partial charge in [-0.05, 0) is 13.5 Å². The monoisotopic (exact) mass is 98.0 g/mol. The van der Waals surface area contributed by atoms with Crippen molar-refractivity contribution in [2.75, 3.05) is 0 Å². The van der Waals surface area contributed by atoms with Crippen LogP contribution in [0.25, 0.3) is 0 Å². The van der Waals surface area contributed by atoms with Gasteiger partial charge < -0.3 is 9.47 Å². The predicted molar refractivity (Wildman–Crippen MR) is 25.1 cm³/mol. The fourth-order valence-corrected chi connectivity index (χ4v) is 0.376. The van der Waals surface area contributed by atoms with Gasteiger partial charge in [-0.2, -0.15) is 0 Å². The maximum atomic E-state index is 4.81. The first-order valence-electron chi connectivity index (χ1n) is 1.99. The van der Waals surface area contributed by atoms with Gasteiger partial charge in [0.2, 0.25) is 0 Å². The van der Waals surface area contributed by atoms with E-state index >= 15 is 0 Å². The largest absolute Gasteiger partial charge is 0.431 e. The summed E-state index contributed by atoms with van der Waals surface area (Å²) in [5, 5.41) is 0. The summed E-state index contributed by atoms with van der Waals surface area (Å²) in [5.74, 6) is 1.11. The topological polar surface area (TPSA) is 18.5 Å². The van der Waals surface area contributed by atoms with E-state index in [9.17, 15) is 0 Å². The zero-order chi connectivity index (χ0) is 5.28. The molecule has 0 aromatic rings. The summed E-state index contributed by atoms with van der Waals surface area (Å²) in [5.41, 5.74) is 0. The van der Waals surface area contributed by atoms with Crippen molar-refractivity contribution in [2.45, 2.75) is 6.92 Å². The van der Waals surface area contributed by atoms with Gasteiger partial charge in [-0.15, -0.1) is 0 Å². The average molecular weight is 98.1 g/mol. The van der Waals surface area contributed by atoms with Crippen LogP contribution in [-0.4, -0.2) is 0 Å². The lowest BCUT2D eigenvalue weighted by molar-refractivity contribution is 0.191. The second kappa shape index (κ2) is 1.30. The molecule has 0 spiro atoms. The molecule has 38 valence electrons. The maximum absolute atomic E-state index is 4.81. The Labute approximate surface area is 42.0 Å². The highest BCUT2D eigenvalue weighted by Crippen LogP contribution is 2.13. The van der Waals surface area contributed by atoms with Crippen molar-refractivity contribution in [3.05, 3.63) is 24.5 Å². The normalized spacial score (nSPS) is 17.9. The van der Waals surface area contributed by atoms with Gasteiger partial charge in [0.1, 0.15) is 12.0 Å². The molecule has 0 unspecified atom stereocenters. The molecule has 0 bridgehead atoms. The van der Waals surface area contributed by atoms with Gasteiger partial charge in [0, 0.05) is 0 Å². The molecule has 1 rings (SSSR count). The summed E-state index contributed by atoms with van der Waals surface area (Å²) >= 11 is 0. The van der Waals surface area contributed by atoms with Crippen molar-refractivity contribution >= 4 is 0 Å². The highest BCUT2D eigenvalue weighted by molar-refractivity contribution is 4.95. The lowest BCUT2D eigenvalue weighted by Gasteiger charge is -1.90. The van der Waals surface area contributed by atoms with E-state index in [1.54, 1.807) is 6.92 Å².